The van der Waals surface area contributed by atoms with Crippen molar-refractivity contribution in [2.24, 2.45) is 0 Å². The van der Waals surface area contributed by atoms with Crippen LogP contribution in [0.1, 0.15) is 13.8 Å². The van der Waals surface area contributed by atoms with Crippen molar-refractivity contribution in [3.63, 3.8) is 0 Å². The van der Waals surface area contributed by atoms with Crippen molar-refractivity contribution >= 4 is 17.6 Å². The summed E-state index contributed by atoms with van der Waals surface area (Å²) in [4.78, 5) is 23.9. The third-order valence-electron chi connectivity index (χ3n) is 2.49. The monoisotopic (exact) mass is 262 g/mol. The van der Waals surface area contributed by atoms with E-state index in [9.17, 15) is 9.59 Å². The first-order valence-electron chi connectivity index (χ1n) is 6.02. The number of anilines is 1. The zero-order valence-electron chi connectivity index (χ0n) is 11.3. The summed E-state index contributed by atoms with van der Waals surface area (Å²) in [6, 6.07) is 8.93. The predicted molar refractivity (Wildman–Crippen MR) is 73.5 cm³/mol. The second-order valence-corrected chi connectivity index (χ2v) is 3.79. The number of hydrogen-bond donors (Lipinski definition) is 2. The van der Waals surface area contributed by atoms with Gasteiger partial charge in [-0.25, -0.2) is 4.79 Å². The molecule has 1 aromatic rings. The fourth-order valence-electron chi connectivity index (χ4n) is 1.46. The summed E-state index contributed by atoms with van der Waals surface area (Å²) in [7, 11) is 1.64. The number of allylic oxidation sites excluding steroid dienone is 1. The van der Waals surface area contributed by atoms with Crippen molar-refractivity contribution in [2.75, 3.05) is 19.0 Å². The Bertz CT molecular complexity index is 481. The Morgan fingerprint density at radius 1 is 1.21 bits per heavy atom. The minimum Gasteiger partial charge on any atom is -0.462 e. The second-order valence-electron chi connectivity index (χ2n) is 3.79. The van der Waals surface area contributed by atoms with E-state index in [-0.39, 0.29) is 12.2 Å². The Morgan fingerprint density at radius 2 is 1.84 bits per heavy atom. The number of nitrogens with one attached hydrogen (secondary N) is 2. The first-order valence-corrected chi connectivity index (χ1v) is 6.02. The maximum atomic E-state index is 12.1. The highest BCUT2D eigenvalue weighted by Crippen LogP contribution is 2.11. The number of amides is 1. The van der Waals surface area contributed by atoms with Crippen molar-refractivity contribution in [3.8, 4) is 0 Å². The molecule has 0 aromatic heterocycles. The molecule has 102 valence electrons. The highest BCUT2D eigenvalue weighted by molar-refractivity contribution is 6.21. The van der Waals surface area contributed by atoms with Gasteiger partial charge in [0.15, 0.2) is 0 Å². The van der Waals surface area contributed by atoms with E-state index in [0.717, 1.165) is 0 Å². The third-order valence-corrected chi connectivity index (χ3v) is 2.49. The lowest BCUT2D eigenvalue weighted by molar-refractivity contribution is -0.139. The Morgan fingerprint density at radius 3 is 2.37 bits per heavy atom. The van der Waals surface area contributed by atoms with Gasteiger partial charge in [-0.05, 0) is 26.0 Å². The predicted octanol–water partition coefficient (Wildman–Crippen LogP) is 1.68. The van der Waals surface area contributed by atoms with Crippen LogP contribution < -0.4 is 10.6 Å². The van der Waals surface area contributed by atoms with Crippen LogP contribution in [-0.2, 0) is 14.3 Å². The van der Waals surface area contributed by atoms with Crippen LogP contribution in [0, 0.1) is 0 Å². The van der Waals surface area contributed by atoms with Gasteiger partial charge in [0, 0.05) is 18.4 Å². The van der Waals surface area contributed by atoms with E-state index in [2.05, 4.69) is 10.6 Å². The number of para-hydroxylation sites is 1. The molecule has 0 unspecified atom stereocenters. The molecule has 5 heteroatoms. The standard InChI is InChI=1S/C14H18N2O3/c1-4-19-14(18)12(10(2)15-3)13(17)16-11-8-6-5-7-9-11/h5-9,15H,4H2,1-3H3,(H,16,17)/b12-10-. The van der Waals surface area contributed by atoms with Crippen molar-refractivity contribution in [1.29, 1.82) is 0 Å². The Balaban J connectivity index is 2.94. The van der Waals surface area contributed by atoms with Crippen LogP contribution in [-0.4, -0.2) is 25.5 Å². The third kappa shape index (κ3) is 4.13. The van der Waals surface area contributed by atoms with Crippen LogP contribution in [0.3, 0.4) is 0 Å². The minimum atomic E-state index is -0.636. The Kier molecular flexibility index (Phi) is 5.60. The van der Waals surface area contributed by atoms with Crippen LogP contribution >= 0.6 is 0 Å². The molecule has 0 fully saturated rings. The molecule has 5 nitrogen and oxygen atoms in total. The molecule has 0 radical (unpaired) electrons. The van der Waals surface area contributed by atoms with Crippen molar-refractivity contribution < 1.29 is 14.3 Å². The van der Waals surface area contributed by atoms with Crippen molar-refractivity contribution in [3.05, 3.63) is 41.6 Å². The molecule has 0 heterocycles. The minimum absolute atomic E-state index is 0.0202. The topological polar surface area (TPSA) is 67.4 Å². The van der Waals surface area contributed by atoms with E-state index in [0.29, 0.717) is 11.4 Å². The molecule has 0 aliphatic carbocycles. The zero-order chi connectivity index (χ0) is 14.3. The lowest BCUT2D eigenvalue weighted by atomic mass is 10.2. The number of carbonyl (C=O) groups excluding carboxylic acids is 2. The van der Waals surface area contributed by atoms with E-state index in [4.69, 9.17) is 4.74 Å². The molecular weight excluding hydrogens is 244 g/mol. The number of hydrogen-bond acceptors (Lipinski definition) is 4. The first-order chi connectivity index (χ1) is 9.10. The SMILES string of the molecule is CCOC(=O)/C(C(=O)Nc1ccccc1)=C(/C)NC. The second kappa shape index (κ2) is 7.20. The van der Waals surface area contributed by atoms with Gasteiger partial charge in [-0.15, -0.1) is 0 Å². The molecule has 0 aliphatic heterocycles. The maximum absolute atomic E-state index is 12.1. The number of esters is 1. The Labute approximate surface area is 112 Å². The molecule has 19 heavy (non-hydrogen) atoms. The summed E-state index contributed by atoms with van der Waals surface area (Å²) in [6.45, 7) is 3.56. The van der Waals surface area contributed by atoms with Crippen molar-refractivity contribution in [1.82, 2.24) is 5.32 Å². The first kappa shape index (κ1) is 14.8. The molecule has 0 atom stereocenters. The van der Waals surface area contributed by atoms with Gasteiger partial charge < -0.3 is 15.4 Å². The summed E-state index contributed by atoms with van der Waals surface area (Å²) in [5, 5.41) is 5.45. The highest BCUT2D eigenvalue weighted by atomic mass is 16.5. The summed E-state index contributed by atoms with van der Waals surface area (Å²) in [6.07, 6.45) is 0. The van der Waals surface area contributed by atoms with Crippen LogP contribution in [0.4, 0.5) is 5.69 Å². The molecule has 1 aromatic carbocycles. The summed E-state index contributed by atoms with van der Waals surface area (Å²) >= 11 is 0. The van der Waals surface area contributed by atoms with Crippen LogP contribution in [0.5, 0.6) is 0 Å². The van der Waals surface area contributed by atoms with Gasteiger partial charge in [-0.1, -0.05) is 18.2 Å². The molecule has 0 bridgehead atoms. The lowest BCUT2D eigenvalue weighted by Crippen LogP contribution is -2.26. The van der Waals surface area contributed by atoms with E-state index in [1.165, 1.54) is 0 Å². The number of rotatable bonds is 5. The molecular formula is C14H18N2O3. The lowest BCUT2D eigenvalue weighted by Gasteiger charge is -2.11. The van der Waals surface area contributed by atoms with Gasteiger partial charge in [0.1, 0.15) is 5.57 Å². The summed E-state index contributed by atoms with van der Waals surface area (Å²) < 4.78 is 4.89. The summed E-state index contributed by atoms with van der Waals surface area (Å²) in [5.41, 5.74) is 1.07. The average Bonchev–Trinajstić information content (AvgIpc) is 2.40. The molecule has 0 saturated carbocycles. The van der Waals surface area contributed by atoms with E-state index < -0.39 is 11.9 Å². The van der Waals surface area contributed by atoms with Gasteiger partial charge in [-0.3, -0.25) is 4.79 Å². The molecule has 1 rings (SSSR count). The normalized spacial score (nSPS) is 11.3. The molecule has 1 amide bonds. The van der Waals surface area contributed by atoms with Crippen LogP contribution in [0.15, 0.2) is 41.6 Å². The zero-order valence-corrected chi connectivity index (χ0v) is 11.3. The van der Waals surface area contributed by atoms with Crippen LogP contribution in [0.2, 0.25) is 0 Å². The van der Waals surface area contributed by atoms with E-state index >= 15 is 0 Å². The average molecular weight is 262 g/mol. The fraction of sp³-hybridized carbons (Fsp3) is 0.286. The summed E-state index contributed by atoms with van der Waals surface area (Å²) in [5.74, 6) is -1.13. The number of ether oxygens (including phenoxy) is 1. The smallest absolute Gasteiger partial charge is 0.345 e. The molecule has 0 saturated heterocycles. The maximum Gasteiger partial charge on any atom is 0.345 e. The highest BCUT2D eigenvalue weighted by Gasteiger charge is 2.22. The van der Waals surface area contributed by atoms with Gasteiger partial charge in [0.05, 0.1) is 6.61 Å². The van der Waals surface area contributed by atoms with Gasteiger partial charge >= 0.3 is 5.97 Å². The fourth-order valence-corrected chi connectivity index (χ4v) is 1.46. The van der Waals surface area contributed by atoms with Crippen molar-refractivity contribution in [2.45, 2.75) is 13.8 Å². The Hall–Kier alpha value is -2.30. The quantitative estimate of drug-likeness (QED) is 0.367. The molecule has 0 aliphatic rings. The number of benzene rings is 1. The molecule has 2 N–H and O–H groups in total. The van der Waals surface area contributed by atoms with E-state index in [1.807, 2.05) is 6.07 Å². The molecule has 0 spiro atoms. The van der Waals surface area contributed by atoms with Gasteiger partial charge in [0.2, 0.25) is 0 Å². The largest absolute Gasteiger partial charge is 0.462 e. The number of carbonyl (C=O) groups is 2. The van der Waals surface area contributed by atoms with Crippen LogP contribution in [0.25, 0.3) is 0 Å². The van der Waals surface area contributed by atoms with E-state index in [1.54, 1.807) is 45.2 Å². The van der Waals surface area contributed by atoms with Gasteiger partial charge in [-0.2, -0.15) is 0 Å². The van der Waals surface area contributed by atoms with Gasteiger partial charge in [0.25, 0.3) is 5.91 Å².